The van der Waals surface area contributed by atoms with Gasteiger partial charge in [0.15, 0.2) is 5.69 Å². The zero-order valence-electron chi connectivity index (χ0n) is 15.6. The van der Waals surface area contributed by atoms with Crippen LogP contribution in [0.4, 0.5) is 0 Å². The number of methoxy groups -OCH3 is 2. The van der Waals surface area contributed by atoms with E-state index < -0.39 is 5.97 Å². The van der Waals surface area contributed by atoms with Gasteiger partial charge in [0.25, 0.3) is 0 Å². The molecule has 1 aromatic carbocycles. The molecule has 1 saturated carbocycles. The van der Waals surface area contributed by atoms with Gasteiger partial charge in [-0.15, -0.1) is 0 Å². The number of benzene rings is 1. The van der Waals surface area contributed by atoms with Crippen LogP contribution >= 0.6 is 0 Å². The molecule has 144 valence electrons. The third-order valence-corrected chi connectivity index (χ3v) is 4.70. The summed E-state index contributed by atoms with van der Waals surface area (Å²) in [5.41, 5.74) is 1.29. The predicted molar refractivity (Wildman–Crippen MR) is 97.0 cm³/mol. The highest BCUT2D eigenvalue weighted by Crippen LogP contribution is 2.48. The van der Waals surface area contributed by atoms with Crippen LogP contribution in [0.2, 0.25) is 0 Å². The van der Waals surface area contributed by atoms with Gasteiger partial charge < -0.3 is 18.8 Å². The number of amides is 1. The fraction of sp³-hybridized carbons (Fsp3) is 0.450. The van der Waals surface area contributed by atoms with Gasteiger partial charge >= 0.3 is 5.97 Å². The largest absolute Gasteiger partial charge is 0.464 e. The van der Waals surface area contributed by atoms with Crippen molar-refractivity contribution in [2.45, 2.75) is 25.3 Å². The second kappa shape index (κ2) is 8.81. The monoisotopic (exact) mass is 372 g/mol. The molecule has 0 bridgehead atoms. The Morgan fingerprint density at radius 2 is 2.04 bits per heavy atom. The molecule has 0 aliphatic heterocycles. The normalized spacial score (nSPS) is 18.1. The molecule has 0 spiro atoms. The topological polar surface area (TPSA) is 81.9 Å². The van der Waals surface area contributed by atoms with Crippen molar-refractivity contribution in [3.63, 3.8) is 0 Å². The summed E-state index contributed by atoms with van der Waals surface area (Å²) < 4.78 is 15.1. The number of hydrogen-bond acceptors (Lipinski definition) is 6. The molecule has 2 unspecified atom stereocenters. The Morgan fingerprint density at radius 3 is 2.74 bits per heavy atom. The number of esters is 1. The third-order valence-electron chi connectivity index (χ3n) is 4.70. The number of aromatic nitrogens is 1. The molecule has 1 aliphatic rings. The van der Waals surface area contributed by atoms with E-state index >= 15 is 0 Å². The maximum absolute atomic E-state index is 13.0. The molecule has 1 heterocycles. The number of rotatable bonds is 9. The zero-order chi connectivity index (χ0) is 19.2. The van der Waals surface area contributed by atoms with E-state index in [1.54, 1.807) is 12.0 Å². The molecule has 27 heavy (non-hydrogen) atoms. The molecular weight excluding hydrogens is 348 g/mol. The molecule has 0 saturated heterocycles. The number of carbonyl (C=O) groups is 2. The van der Waals surface area contributed by atoms with Gasteiger partial charge in [0.1, 0.15) is 6.26 Å². The highest BCUT2D eigenvalue weighted by Gasteiger charge is 2.45. The van der Waals surface area contributed by atoms with Crippen molar-refractivity contribution in [3.8, 4) is 0 Å². The molecule has 7 heteroatoms. The average molecular weight is 372 g/mol. The molecule has 0 N–H and O–H groups in total. The summed E-state index contributed by atoms with van der Waals surface area (Å²) in [5, 5.41) is 0. The van der Waals surface area contributed by atoms with Gasteiger partial charge in [0.05, 0.1) is 13.7 Å². The second-order valence-corrected chi connectivity index (χ2v) is 6.58. The van der Waals surface area contributed by atoms with Gasteiger partial charge in [-0.25, -0.2) is 9.78 Å². The van der Waals surface area contributed by atoms with Crippen molar-refractivity contribution in [3.05, 3.63) is 53.7 Å². The SMILES string of the molecule is COCCCN(Cc1nc(C(=O)OC)co1)C(=O)C1CC1c1ccccc1. The van der Waals surface area contributed by atoms with Crippen molar-refractivity contribution in [1.29, 1.82) is 0 Å². The summed E-state index contributed by atoms with van der Waals surface area (Å²) in [4.78, 5) is 30.4. The quantitative estimate of drug-likeness (QED) is 0.497. The standard InChI is InChI=1S/C20H24N2O5/c1-25-10-6-9-22(12-18-21-17(13-27-18)20(24)26-2)19(23)16-11-15(16)14-7-4-3-5-8-14/h3-5,7-8,13,15-16H,6,9-12H2,1-2H3. The molecule has 3 rings (SSSR count). The average Bonchev–Trinajstić information content (AvgIpc) is 3.37. The minimum Gasteiger partial charge on any atom is -0.464 e. The van der Waals surface area contributed by atoms with Crippen LogP contribution in [0.3, 0.4) is 0 Å². The number of oxazole rings is 1. The van der Waals surface area contributed by atoms with E-state index in [9.17, 15) is 9.59 Å². The van der Waals surface area contributed by atoms with Gasteiger partial charge in [-0.3, -0.25) is 4.79 Å². The van der Waals surface area contributed by atoms with E-state index in [1.165, 1.54) is 18.9 Å². The number of ether oxygens (including phenoxy) is 2. The lowest BCUT2D eigenvalue weighted by Crippen LogP contribution is -2.33. The smallest absolute Gasteiger partial charge is 0.360 e. The van der Waals surface area contributed by atoms with E-state index in [2.05, 4.69) is 21.9 Å². The summed E-state index contributed by atoms with van der Waals surface area (Å²) in [6.45, 7) is 1.33. The summed E-state index contributed by atoms with van der Waals surface area (Å²) >= 11 is 0. The molecule has 0 radical (unpaired) electrons. The van der Waals surface area contributed by atoms with E-state index in [0.717, 1.165) is 12.8 Å². The maximum Gasteiger partial charge on any atom is 0.360 e. The molecule has 1 aliphatic carbocycles. The molecular formula is C20H24N2O5. The first-order chi connectivity index (χ1) is 13.1. The minimum absolute atomic E-state index is 0.0232. The lowest BCUT2D eigenvalue weighted by Gasteiger charge is -2.21. The van der Waals surface area contributed by atoms with Crippen LogP contribution in [0.1, 0.15) is 40.7 Å². The van der Waals surface area contributed by atoms with Crippen molar-refractivity contribution in [2.24, 2.45) is 5.92 Å². The van der Waals surface area contributed by atoms with E-state index in [1.807, 2.05) is 18.2 Å². The summed E-state index contributed by atoms with van der Waals surface area (Å²) in [7, 11) is 2.92. The molecule has 1 fully saturated rings. The highest BCUT2D eigenvalue weighted by atomic mass is 16.5. The minimum atomic E-state index is -0.561. The Hall–Kier alpha value is -2.67. The third kappa shape index (κ3) is 4.74. The van der Waals surface area contributed by atoms with Crippen molar-refractivity contribution in [2.75, 3.05) is 27.4 Å². The number of hydrogen-bond donors (Lipinski definition) is 0. The summed E-state index contributed by atoms with van der Waals surface area (Å²) in [6, 6.07) is 10.1. The molecule has 7 nitrogen and oxygen atoms in total. The maximum atomic E-state index is 13.0. The number of carbonyl (C=O) groups excluding carboxylic acids is 2. The van der Waals surface area contributed by atoms with Crippen molar-refractivity contribution < 1.29 is 23.5 Å². The highest BCUT2D eigenvalue weighted by molar-refractivity contribution is 5.86. The Kier molecular flexibility index (Phi) is 6.24. The Balaban J connectivity index is 1.66. The molecule has 1 amide bonds. The predicted octanol–water partition coefficient (Wildman–Crippen LogP) is 2.63. The van der Waals surface area contributed by atoms with Crippen LogP contribution in [0.25, 0.3) is 0 Å². The van der Waals surface area contributed by atoms with E-state index in [4.69, 9.17) is 9.15 Å². The first-order valence-corrected chi connectivity index (χ1v) is 8.99. The first kappa shape index (κ1) is 19.1. The first-order valence-electron chi connectivity index (χ1n) is 8.99. The lowest BCUT2D eigenvalue weighted by molar-refractivity contribution is -0.133. The van der Waals surface area contributed by atoms with Crippen LogP contribution in [0.5, 0.6) is 0 Å². The van der Waals surface area contributed by atoms with E-state index in [0.29, 0.717) is 19.0 Å². The number of nitrogens with zero attached hydrogens (tertiary/aromatic N) is 2. The van der Waals surface area contributed by atoms with Crippen LogP contribution in [-0.2, 0) is 20.8 Å². The van der Waals surface area contributed by atoms with Crippen molar-refractivity contribution >= 4 is 11.9 Å². The second-order valence-electron chi connectivity index (χ2n) is 6.58. The lowest BCUT2D eigenvalue weighted by atomic mass is 10.1. The fourth-order valence-electron chi connectivity index (χ4n) is 3.18. The Morgan fingerprint density at radius 1 is 1.26 bits per heavy atom. The Labute approximate surface area is 158 Å². The van der Waals surface area contributed by atoms with Gasteiger partial charge in [0, 0.05) is 26.2 Å². The molecule has 1 aromatic heterocycles. The van der Waals surface area contributed by atoms with Gasteiger partial charge in [-0.2, -0.15) is 0 Å². The van der Waals surface area contributed by atoms with Crippen molar-refractivity contribution in [1.82, 2.24) is 9.88 Å². The molecule has 2 aromatic rings. The van der Waals surface area contributed by atoms with Crippen LogP contribution in [0, 0.1) is 5.92 Å². The van der Waals surface area contributed by atoms with Gasteiger partial charge in [0.2, 0.25) is 11.8 Å². The van der Waals surface area contributed by atoms with Crippen LogP contribution in [0.15, 0.2) is 41.0 Å². The van der Waals surface area contributed by atoms with Crippen LogP contribution in [-0.4, -0.2) is 49.1 Å². The Bertz CT molecular complexity index is 774. The zero-order valence-corrected chi connectivity index (χ0v) is 15.6. The van der Waals surface area contributed by atoms with Gasteiger partial charge in [-0.05, 0) is 24.3 Å². The summed E-state index contributed by atoms with van der Waals surface area (Å²) in [5.74, 6) is 0.0771. The summed E-state index contributed by atoms with van der Waals surface area (Å²) in [6.07, 6.45) is 2.82. The fourth-order valence-corrected chi connectivity index (χ4v) is 3.18. The van der Waals surface area contributed by atoms with Crippen LogP contribution < -0.4 is 0 Å². The molecule has 2 atom stereocenters. The van der Waals surface area contributed by atoms with E-state index in [-0.39, 0.29) is 30.0 Å². The van der Waals surface area contributed by atoms with Gasteiger partial charge in [-0.1, -0.05) is 30.3 Å².